The zero-order valence-corrected chi connectivity index (χ0v) is 17.7. The molecule has 0 bridgehead atoms. The first-order valence-electron chi connectivity index (χ1n) is 9.26. The first kappa shape index (κ1) is 25.9. The molecule has 2 N–H and O–H groups in total. The Labute approximate surface area is 196 Å². The van der Waals surface area contributed by atoms with Crippen LogP contribution in [0.2, 0.25) is 5.15 Å². The van der Waals surface area contributed by atoms with E-state index >= 15 is 0 Å². The summed E-state index contributed by atoms with van der Waals surface area (Å²) >= 11 is 5.88. The summed E-state index contributed by atoms with van der Waals surface area (Å²) in [5, 5.41) is 6.15. The molecule has 0 saturated carbocycles. The second kappa shape index (κ2) is 10.3. The molecule has 1 aromatic heterocycles. The molecule has 0 aliphatic carbocycles. The molecule has 0 spiro atoms. The molecule has 0 atom stereocenters. The highest BCUT2D eigenvalue weighted by molar-refractivity contribution is 6.29. The number of alkyl halides is 7. The van der Waals surface area contributed by atoms with Crippen molar-refractivity contribution in [2.45, 2.75) is 18.7 Å². The number of nitrogens with one attached hydrogen (secondary N) is 2. The Morgan fingerprint density at radius 3 is 2.43 bits per heavy atom. The van der Waals surface area contributed by atoms with Crippen LogP contribution >= 0.6 is 11.6 Å². The normalized spacial score (nSPS) is 12.3. The molecule has 0 fully saturated rings. The third-order valence-electron chi connectivity index (χ3n) is 3.98. The predicted octanol–water partition coefficient (Wildman–Crippen LogP) is 6.71. The quantitative estimate of drug-likeness (QED) is 0.148. The molecule has 3 aromatic rings. The summed E-state index contributed by atoms with van der Waals surface area (Å²) in [7, 11) is 0. The molecule has 186 valence electrons. The van der Waals surface area contributed by atoms with Crippen molar-refractivity contribution in [3.63, 3.8) is 0 Å². The average molecular weight is 526 g/mol. The molecule has 0 aliphatic rings. The molecule has 35 heavy (non-hydrogen) atoms. The number of ether oxygens (including phenoxy) is 1. The van der Waals surface area contributed by atoms with Crippen LogP contribution in [0, 0.1) is 5.82 Å². The number of anilines is 3. The third-order valence-corrected chi connectivity index (χ3v) is 4.18. The molecule has 2 aromatic carbocycles. The minimum absolute atomic E-state index is 0.0629. The molecule has 3 rings (SSSR count). The highest BCUT2D eigenvalue weighted by Gasteiger charge is 2.44. The van der Waals surface area contributed by atoms with Gasteiger partial charge in [0.25, 0.3) is 0 Å². The second-order valence-electron chi connectivity index (χ2n) is 6.62. The summed E-state index contributed by atoms with van der Waals surface area (Å²) in [6.45, 7) is 0. The van der Waals surface area contributed by atoms with E-state index in [0.29, 0.717) is 12.1 Å². The number of hydrogen-bond donors (Lipinski definition) is 2. The van der Waals surface area contributed by atoms with E-state index in [0.717, 1.165) is 24.4 Å². The lowest BCUT2D eigenvalue weighted by atomic mass is 10.2. The number of benzene rings is 2. The van der Waals surface area contributed by atoms with Crippen molar-refractivity contribution in [2.24, 2.45) is 5.10 Å². The Hall–Kier alpha value is -3.68. The zero-order chi connectivity index (χ0) is 25.8. The minimum Gasteiger partial charge on any atom is -0.428 e. The van der Waals surface area contributed by atoms with Crippen LogP contribution in [0.15, 0.2) is 53.6 Å². The number of hydrogen-bond acceptors (Lipinski definition) is 6. The fourth-order valence-corrected chi connectivity index (χ4v) is 2.71. The van der Waals surface area contributed by atoms with Gasteiger partial charge in [-0.2, -0.15) is 45.8 Å². The fraction of sp³-hybridized carbons (Fsp3) is 0.150. The van der Waals surface area contributed by atoms with E-state index in [4.69, 9.17) is 11.6 Å². The summed E-state index contributed by atoms with van der Waals surface area (Å²) in [4.78, 5) is 7.75. The highest BCUT2D eigenvalue weighted by Crippen LogP contribution is 2.34. The van der Waals surface area contributed by atoms with Crippen molar-refractivity contribution in [2.75, 3.05) is 10.7 Å². The van der Waals surface area contributed by atoms with E-state index in [2.05, 4.69) is 30.5 Å². The Kier molecular flexibility index (Phi) is 7.63. The van der Waals surface area contributed by atoms with Gasteiger partial charge in [0.2, 0.25) is 5.95 Å². The Balaban J connectivity index is 1.72. The van der Waals surface area contributed by atoms with Crippen LogP contribution in [0.25, 0.3) is 0 Å². The van der Waals surface area contributed by atoms with Crippen LogP contribution in [0.5, 0.6) is 5.75 Å². The topological polar surface area (TPSA) is 71.4 Å². The van der Waals surface area contributed by atoms with Crippen LogP contribution < -0.4 is 15.5 Å². The van der Waals surface area contributed by atoms with Gasteiger partial charge >= 0.3 is 18.7 Å². The second-order valence-corrected chi connectivity index (χ2v) is 7.01. The number of nitrogens with zero attached hydrogens (tertiary/aromatic N) is 3. The molecule has 6 nitrogen and oxygen atoms in total. The molecular formula is C20H12ClF8N5O. The van der Waals surface area contributed by atoms with Crippen molar-refractivity contribution in [1.82, 2.24) is 9.97 Å². The fourth-order valence-electron chi connectivity index (χ4n) is 2.52. The van der Waals surface area contributed by atoms with Gasteiger partial charge in [0.05, 0.1) is 11.8 Å². The largest absolute Gasteiger partial charge is 0.461 e. The van der Waals surface area contributed by atoms with Gasteiger partial charge in [0.1, 0.15) is 22.5 Å². The first-order chi connectivity index (χ1) is 16.3. The zero-order valence-electron chi connectivity index (χ0n) is 16.9. The van der Waals surface area contributed by atoms with Crippen LogP contribution in [0.3, 0.4) is 0 Å². The van der Waals surface area contributed by atoms with E-state index in [1.165, 1.54) is 18.2 Å². The summed E-state index contributed by atoms with van der Waals surface area (Å²) in [6.07, 6.45) is -12.5. The summed E-state index contributed by atoms with van der Waals surface area (Å²) < 4.78 is 107. The predicted molar refractivity (Wildman–Crippen MR) is 111 cm³/mol. The van der Waals surface area contributed by atoms with Crippen molar-refractivity contribution in [3.8, 4) is 5.75 Å². The van der Waals surface area contributed by atoms with Gasteiger partial charge in [-0.15, -0.1) is 0 Å². The van der Waals surface area contributed by atoms with Crippen molar-refractivity contribution in [3.05, 3.63) is 70.6 Å². The summed E-state index contributed by atoms with van der Waals surface area (Å²) in [6, 6.07) is 8.12. The Bertz CT molecular complexity index is 1220. The molecule has 0 unspecified atom stereocenters. The molecule has 1 heterocycles. The maximum atomic E-state index is 13.5. The number of halogens is 9. The highest BCUT2D eigenvalue weighted by atomic mass is 35.5. The van der Waals surface area contributed by atoms with Crippen LogP contribution in [-0.4, -0.2) is 28.7 Å². The van der Waals surface area contributed by atoms with Gasteiger partial charge < -0.3 is 10.1 Å². The SMILES string of the molecule is Fc1ccc(Nc2cc(Cl)nc(N/N=C/c3cccc(OC(F)(F)C(F)F)c3)n2)cc1C(F)(F)F. The van der Waals surface area contributed by atoms with Crippen molar-refractivity contribution in [1.29, 1.82) is 0 Å². The van der Waals surface area contributed by atoms with E-state index in [9.17, 15) is 35.1 Å². The van der Waals surface area contributed by atoms with Gasteiger partial charge in [-0.25, -0.2) is 9.82 Å². The van der Waals surface area contributed by atoms with E-state index < -0.39 is 35.8 Å². The molecule has 0 amide bonds. The Morgan fingerprint density at radius 2 is 1.74 bits per heavy atom. The molecular weight excluding hydrogens is 514 g/mol. The van der Waals surface area contributed by atoms with Gasteiger partial charge in [-0.3, -0.25) is 0 Å². The van der Waals surface area contributed by atoms with Crippen LogP contribution in [0.1, 0.15) is 11.1 Å². The van der Waals surface area contributed by atoms with E-state index in [1.54, 1.807) is 0 Å². The number of rotatable bonds is 8. The third kappa shape index (κ3) is 7.15. The Morgan fingerprint density at radius 1 is 1.00 bits per heavy atom. The van der Waals surface area contributed by atoms with Gasteiger partial charge in [-0.05, 0) is 35.9 Å². The maximum absolute atomic E-state index is 13.5. The number of hydrazone groups is 1. The minimum atomic E-state index is -4.91. The van der Waals surface area contributed by atoms with E-state index in [-0.39, 0.29) is 28.2 Å². The average Bonchev–Trinajstić information content (AvgIpc) is 2.74. The van der Waals surface area contributed by atoms with Gasteiger partial charge in [-0.1, -0.05) is 23.7 Å². The maximum Gasteiger partial charge on any atom is 0.461 e. The van der Waals surface area contributed by atoms with Crippen LogP contribution in [0.4, 0.5) is 52.6 Å². The smallest absolute Gasteiger partial charge is 0.428 e. The lowest BCUT2D eigenvalue weighted by Crippen LogP contribution is -2.33. The molecule has 15 heteroatoms. The van der Waals surface area contributed by atoms with Gasteiger partial charge in [0, 0.05) is 11.8 Å². The lowest BCUT2D eigenvalue weighted by molar-refractivity contribution is -0.253. The van der Waals surface area contributed by atoms with Crippen molar-refractivity contribution >= 4 is 35.3 Å². The molecule has 0 radical (unpaired) electrons. The van der Waals surface area contributed by atoms with E-state index in [1.807, 2.05) is 0 Å². The molecule has 0 aliphatic heterocycles. The van der Waals surface area contributed by atoms with Crippen molar-refractivity contribution < 1.29 is 39.9 Å². The number of aromatic nitrogens is 2. The molecule has 0 saturated heterocycles. The monoisotopic (exact) mass is 525 g/mol. The van der Waals surface area contributed by atoms with Crippen LogP contribution in [-0.2, 0) is 6.18 Å². The summed E-state index contributed by atoms with van der Waals surface area (Å²) in [5.74, 6) is -2.27. The lowest BCUT2D eigenvalue weighted by Gasteiger charge is -2.16. The van der Waals surface area contributed by atoms with Gasteiger partial charge in [0.15, 0.2) is 0 Å². The standard InChI is InChI=1S/C20H12ClF8N5O/c21-15-8-16(31-11-4-5-14(22)13(7-11)19(25,26)27)33-18(32-15)34-30-9-10-2-1-3-12(6-10)35-20(28,29)17(23)24/h1-9,17H,(H2,31,32,33,34)/b30-9+. The summed E-state index contributed by atoms with van der Waals surface area (Å²) in [5.41, 5.74) is 0.916. The first-order valence-corrected chi connectivity index (χ1v) is 9.64.